The first-order chi connectivity index (χ1) is 50.0. The van der Waals surface area contributed by atoms with Gasteiger partial charge in [-0.15, -0.1) is 0 Å². The molecule has 0 aliphatic heterocycles. The molecule has 0 radical (unpaired) electrons. The Morgan fingerprint density at radius 2 is 0.627 bits per heavy atom. The number of allylic oxidation sites excluding steroid dienone is 4. The first kappa shape index (κ1) is 59.0. The van der Waals surface area contributed by atoms with Crippen LogP contribution in [0.15, 0.2) is 356 Å². The van der Waals surface area contributed by atoms with E-state index in [2.05, 4.69) is 372 Å². The predicted molar refractivity (Wildman–Crippen MR) is 431 cm³/mol. The molecule has 1 nitrogen and oxygen atoms in total. The van der Waals surface area contributed by atoms with Crippen LogP contribution in [0.1, 0.15) is 86.0 Å². The molecule has 2 spiro atoms. The molecule has 24 rings (SSSR count). The fourth-order valence-electron chi connectivity index (χ4n) is 19.9. The molecular formula is C100H66BrN. The van der Waals surface area contributed by atoms with E-state index in [1.54, 1.807) is 0 Å². The minimum absolute atomic E-state index is 0. The fraction of sp³-hybridized carbons (Fsp3) is 0.0600. The molecule has 17 aromatic rings. The van der Waals surface area contributed by atoms with E-state index in [0.717, 1.165) is 10.9 Å². The van der Waals surface area contributed by atoms with Crippen LogP contribution in [0.25, 0.3) is 127 Å². The van der Waals surface area contributed by atoms with Crippen LogP contribution in [0.2, 0.25) is 0 Å². The fourth-order valence-corrected chi connectivity index (χ4v) is 20.2. The second kappa shape index (κ2) is 22.3. The van der Waals surface area contributed by atoms with Crippen LogP contribution < -0.4 is 0 Å². The van der Waals surface area contributed by atoms with E-state index in [4.69, 9.17) is 0 Å². The number of aromatic nitrogens is 1. The number of benzene rings is 16. The summed E-state index contributed by atoms with van der Waals surface area (Å²) in [5, 5.41) is 10.5. The summed E-state index contributed by atoms with van der Waals surface area (Å²) in [5.74, 6) is 0.646. The molecule has 7 aliphatic rings. The maximum absolute atomic E-state index is 3.80. The zero-order chi connectivity index (χ0) is 66.2. The van der Waals surface area contributed by atoms with Gasteiger partial charge in [0, 0.05) is 32.8 Å². The zero-order valence-corrected chi connectivity index (χ0v) is 56.8. The molecule has 16 aromatic carbocycles. The maximum Gasteiger partial charge on any atom is 0.0725 e. The van der Waals surface area contributed by atoms with Gasteiger partial charge in [0.2, 0.25) is 0 Å². The summed E-state index contributed by atoms with van der Waals surface area (Å²) in [6.07, 6.45) is 10.4. The van der Waals surface area contributed by atoms with Crippen LogP contribution in [0, 0.1) is 0 Å². The van der Waals surface area contributed by atoms with Gasteiger partial charge in [-0.1, -0.05) is 315 Å². The first-order valence-electron chi connectivity index (χ1n) is 35.5. The van der Waals surface area contributed by atoms with Gasteiger partial charge in [0.25, 0.3) is 0 Å². The Hall–Kier alpha value is -11.9. The van der Waals surface area contributed by atoms with Crippen LogP contribution in [-0.4, -0.2) is 4.57 Å². The Morgan fingerprint density at radius 3 is 1.17 bits per heavy atom. The third-order valence-corrected chi connectivity index (χ3v) is 24.3. The number of fused-ring (bicyclic) bond motifs is 38. The molecule has 0 amide bonds. The highest BCUT2D eigenvalue weighted by Gasteiger charge is 2.54. The van der Waals surface area contributed by atoms with Crippen molar-refractivity contribution in [2.45, 2.75) is 36.5 Å². The third kappa shape index (κ3) is 7.93. The van der Waals surface area contributed by atoms with Crippen LogP contribution in [0.3, 0.4) is 0 Å². The summed E-state index contributed by atoms with van der Waals surface area (Å²) in [7, 11) is 0. The van der Waals surface area contributed by atoms with Gasteiger partial charge in [0.05, 0.1) is 21.9 Å². The Balaban J connectivity index is 0.000000114. The monoisotopic (exact) mass is 1360 g/mol. The Kier molecular flexibility index (Phi) is 12.9. The SMILES string of the molecule is Brc1ccc2c(c1)-c1cc3c4ccccc4c4ccccc4c3cc1C21c2ccccc2-c2ccccc21.C.C1=CC2c3ccccc3-c3cc4c(cc3C2C=C1)-c1cc(-n2c3ccccc3c3ccccc32)ccc1C41c2ccccc2-c2ccccc21.c1ccc2c(c1)Cc1ccccc1-2. The summed E-state index contributed by atoms with van der Waals surface area (Å²) < 4.78 is 3.58. The third-order valence-electron chi connectivity index (χ3n) is 23.8. The number of hydrogen-bond donors (Lipinski definition) is 0. The van der Waals surface area contributed by atoms with Gasteiger partial charge in [-0.25, -0.2) is 0 Å². The summed E-state index contributed by atoms with van der Waals surface area (Å²) >= 11 is 3.80. The van der Waals surface area contributed by atoms with Crippen LogP contribution in [-0.2, 0) is 17.3 Å². The molecule has 2 unspecified atom stereocenters. The summed E-state index contributed by atoms with van der Waals surface area (Å²) in [4.78, 5) is 0. The van der Waals surface area contributed by atoms with E-state index in [1.807, 2.05) is 0 Å². The van der Waals surface area contributed by atoms with Crippen molar-refractivity contribution in [3.8, 4) is 72.4 Å². The van der Waals surface area contributed by atoms with Crippen molar-refractivity contribution in [1.82, 2.24) is 4.57 Å². The average molecular weight is 1360 g/mol. The van der Waals surface area contributed by atoms with Crippen molar-refractivity contribution < 1.29 is 0 Å². The van der Waals surface area contributed by atoms with E-state index in [1.165, 1.54) is 193 Å². The van der Waals surface area contributed by atoms with Gasteiger partial charge in [0.1, 0.15) is 0 Å². The Morgan fingerprint density at radius 1 is 0.255 bits per heavy atom. The molecule has 1 heterocycles. The Labute approximate surface area is 602 Å². The zero-order valence-electron chi connectivity index (χ0n) is 55.2. The maximum atomic E-state index is 3.80. The lowest BCUT2D eigenvalue weighted by Crippen LogP contribution is -2.26. The van der Waals surface area contributed by atoms with Crippen LogP contribution in [0.4, 0.5) is 0 Å². The minimum Gasteiger partial charge on any atom is -0.309 e. The van der Waals surface area contributed by atoms with Crippen LogP contribution in [0.5, 0.6) is 0 Å². The van der Waals surface area contributed by atoms with Gasteiger partial charge >= 0.3 is 0 Å². The highest BCUT2D eigenvalue weighted by molar-refractivity contribution is 9.10. The van der Waals surface area contributed by atoms with E-state index >= 15 is 0 Å². The van der Waals surface area contributed by atoms with E-state index in [9.17, 15) is 0 Å². The lowest BCUT2D eigenvalue weighted by Gasteiger charge is -2.36. The number of nitrogens with zero attached hydrogens (tertiary/aromatic N) is 1. The molecular weight excluding hydrogens is 1300 g/mol. The van der Waals surface area contributed by atoms with Gasteiger partial charge in [0.15, 0.2) is 0 Å². The smallest absolute Gasteiger partial charge is 0.0725 e. The summed E-state index contributed by atoms with van der Waals surface area (Å²) in [6.45, 7) is 0. The van der Waals surface area contributed by atoms with Gasteiger partial charge < -0.3 is 4.57 Å². The molecule has 478 valence electrons. The van der Waals surface area contributed by atoms with Crippen molar-refractivity contribution in [2.75, 3.05) is 0 Å². The lowest BCUT2D eigenvalue weighted by atomic mass is 9.66. The van der Waals surface area contributed by atoms with Crippen molar-refractivity contribution in [3.63, 3.8) is 0 Å². The molecule has 0 saturated carbocycles. The number of halogens is 1. The van der Waals surface area contributed by atoms with Gasteiger partial charge in [-0.05, 0) is 233 Å². The standard InChI is InChI=1S/C49H31N.C37H21Br.C13H10.CH4/c1-3-15-33-31(13-1)32-14-2-4-16-34(32)40-29-46-42(28-39(33)40)41-27-30(50-47-23-11-7-19-37(47)38-20-8-12-24-48(38)50)25-26-45(41)49(46)43-21-9-5-17-35(43)36-18-6-10-22-44(36)49;38-22-17-18-35-31(19-22)32-20-29-25-11-3-1-9-23(25)24-10-2-4-12-26(24)30(29)21-36(32)37(35)33-15-7-5-13-27(33)28-14-6-8-16-34(28)37;1-3-7-12-10(5-1)9-11-6-2-4-8-13(11)12;/h1-29,31,33H;1-21H;1-8H,9H2;1H4. The second-order valence-electron chi connectivity index (χ2n) is 28.4. The molecule has 2 atom stereocenters. The van der Waals surface area contributed by atoms with Gasteiger partial charge in [-0.3, -0.25) is 0 Å². The number of hydrogen-bond acceptors (Lipinski definition) is 0. The molecule has 0 fully saturated rings. The molecule has 0 N–H and O–H groups in total. The quantitative estimate of drug-likeness (QED) is 0.144. The van der Waals surface area contributed by atoms with Crippen molar-refractivity contribution in [3.05, 3.63) is 423 Å². The second-order valence-corrected chi connectivity index (χ2v) is 29.3. The van der Waals surface area contributed by atoms with Crippen molar-refractivity contribution >= 4 is 70.1 Å². The highest BCUT2D eigenvalue weighted by atomic mass is 79.9. The topological polar surface area (TPSA) is 4.93 Å². The van der Waals surface area contributed by atoms with E-state index in [0.29, 0.717) is 11.8 Å². The van der Waals surface area contributed by atoms with Crippen LogP contribution >= 0.6 is 15.9 Å². The highest BCUT2D eigenvalue weighted by Crippen LogP contribution is 2.67. The van der Waals surface area contributed by atoms with E-state index < -0.39 is 5.41 Å². The lowest BCUT2D eigenvalue weighted by molar-refractivity contribution is 0.718. The average Bonchev–Trinajstić information content (AvgIpc) is 1.51. The first-order valence-corrected chi connectivity index (χ1v) is 36.3. The van der Waals surface area contributed by atoms with Gasteiger partial charge in [-0.2, -0.15) is 0 Å². The Bertz CT molecular complexity index is 6360. The number of rotatable bonds is 1. The van der Waals surface area contributed by atoms with Crippen molar-refractivity contribution in [1.29, 1.82) is 0 Å². The molecule has 1 aromatic heterocycles. The normalized spacial score (nSPS) is 15.7. The summed E-state index contributed by atoms with van der Waals surface area (Å²) in [6, 6.07) is 122. The van der Waals surface area contributed by atoms with Crippen molar-refractivity contribution in [2.24, 2.45) is 0 Å². The molecule has 7 aliphatic carbocycles. The molecule has 102 heavy (non-hydrogen) atoms. The minimum atomic E-state index is -0.402. The number of para-hydroxylation sites is 2. The summed E-state index contributed by atoms with van der Waals surface area (Å²) in [5.41, 5.74) is 36.0. The molecule has 2 heteroatoms. The predicted octanol–water partition coefficient (Wildman–Crippen LogP) is 26.2. The molecule has 0 saturated heterocycles. The molecule has 0 bridgehead atoms. The largest absolute Gasteiger partial charge is 0.309 e. The van der Waals surface area contributed by atoms with E-state index in [-0.39, 0.29) is 12.8 Å².